The highest BCUT2D eigenvalue weighted by Gasteiger charge is 2.21. The molecular formula is C34H24. The third kappa shape index (κ3) is 2.43. The minimum Gasteiger partial charge on any atom is -0.0616 e. The molecule has 2 aliphatic carbocycles. The fourth-order valence-electron chi connectivity index (χ4n) is 6.38. The second-order valence-corrected chi connectivity index (χ2v) is 9.93. The Morgan fingerprint density at radius 1 is 0.382 bits per heavy atom. The van der Waals surface area contributed by atoms with E-state index < -0.39 is 0 Å². The molecule has 160 valence electrons. The van der Waals surface area contributed by atoms with Crippen molar-refractivity contribution in [2.75, 3.05) is 0 Å². The number of hydrogen-bond donors (Lipinski definition) is 0. The summed E-state index contributed by atoms with van der Waals surface area (Å²) in [6.45, 7) is 0. The molecule has 0 radical (unpaired) electrons. The summed E-state index contributed by atoms with van der Waals surface area (Å²) in [5.74, 6) is 0. The van der Waals surface area contributed by atoms with E-state index in [0.29, 0.717) is 0 Å². The van der Waals surface area contributed by atoms with Crippen LogP contribution in [0.1, 0.15) is 22.3 Å². The van der Waals surface area contributed by atoms with Gasteiger partial charge in [0.2, 0.25) is 0 Å². The standard InChI is InChI=1S/C34H24/c1-3-8-31-29(6-1)33(24-15-13-21-12-14-23(21)20-24)30-7-2-4-9-32(30)34(31)28-11-5-10-26-25-18-16-22(25)17-19-27(26)28/h1-11,13,15,17,19-20H,12,14,16,18H2. The van der Waals surface area contributed by atoms with Crippen LogP contribution in [0, 0.1) is 0 Å². The highest BCUT2D eigenvalue weighted by Crippen LogP contribution is 2.46. The van der Waals surface area contributed by atoms with Crippen molar-refractivity contribution in [3.63, 3.8) is 0 Å². The van der Waals surface area contributed by atoms with Crippen LogP contribution in [0.2, 0.25) is 0 Å². The number of benzene rings is 6. The summed E-state index contributed by atoms with van der Waals surface area (Å²) < 4.78 is 0. The molecule has 0 saturated heterocycles. The molecular weight excluding hydrogens is 408 g/mol. The Kier molecular flexibility index (Phi) is 3.71. The third-order valence-electron chi connectivity index (χ3n) is 8.27. The van der Waals surface area contributed by atoms with E-state index in [9.17, 15) is 0 Å². The van der Waals surface area contributed by atoms with Gasteiger partial charge in [-0.05, 0) is 103 Å². The molecule has 0 aromatic heterocycles. The molecule has 8 rings (SSSR count). The minimum absolute atomic E-state index is 1.20. The highest BCUT2D eigenvalue weighted by molar-refractivity contribution is 6.23. The molecule has 0 nitrogen and oxygen atoms in total. The average Bonchev–Trinajstić information content (AvgIpc) is 2.83. The van der Waals surface area contributed by atoms with Crippen molar-refractivity contribution in [3.8, 4) is 22.3 Å². The van der Waals surface area contributed by atoms with E-state index in [-0.39, 0.29) is 0 Å². The van der Waals surface area contributed by atoms with E-state index in [4.69, 9.17) is 0 Å². The molecule has 0 heterocycles. The summed E-state index contributed by atoms with van der Waals surface area (Å²) in [6, 6.07) is 36.8. The maximum absolute atomic E-state index is 2.43. The van der Waals surface area contributed by atoms with Crippen molar-refractivity contribution in [2.24, 2.45) is 0 Å². The second-order valence-electron chi connectivity index (χ2n) is 9.93. The van der Waals surface area contributed by atoms with Crippen molar-refractivity contribution in [2.45, 2.75) is 25.7 Å². The van der Waals surface area contributed by atoms with Crippen molar-refractivity contribution in [1.82, 2.24) is 0 Å². The Morgan fingerprint density at radius 2 is 1.00 bits per heavy atom. The predicted molar refractivity (Wildman–Crippen MR) is 145 cm³/mol. The van der Waals surface area contributed by atoms with E-state index in [1.807, 2.05) is 0 Å². The molecule has 6 aromatic carbocycles. The van der Waals surface area contributed by atoms with Gasteiger partial charge in [0.05, 0.1) is 0 Å². The zero-order chi connectivity index (χ0) is 22.2. The lowest BCUT2D eigenvalue weighted by Crippen LogP contribution is -2.08. The van der Waals surface area contributed by atoms with Crippen LogP contribution in [0.15, 0.2) is 97.1 Å². The summed E-state index contributed by atoms with van der Waals surface area (Å²) in [6.07, 6.45) is 4.85. The van der Waals surface area contributed by atoms with Crippen LogP contribution in [0.25, 0.3) is 54.6 Å². The number of hydrogen-bond acceptors (Lipinski definition) is 0. The molecule has 0 aliphatic heterocycles. The average molecular weight is 433 g/mol. The first-order valence-electron chi connectivity index (χ1n) is 12.5. The quantitative estimate of drug-likeness (QED) is 0.240. The van der Waals surface area contributed by atoms with Crippen molar-refractivity contribution in [1.29, 1.82) is 0 Å². The maximum Gasteiger partial charge on any atom is -0.00201 e. The Balaban J connectivity index is 1.53. The smallest absolute Gasteiger partial charge is 0.00201 e. The zero-order valence-electron chi connectivity index (χ0n) is 19.1. The molecule has 0 fully saturated rings. The monoisotopic (exact) mass is 432 g/mol. The number of fused-ring (bicyclic) bond motifs is 6. The van der Waals surface area contributed by atoms with Crippen LogP contribution in [-0.4, -0.2) is 0 Å². The predicted octanol–water partition coefficient (Wildman–Crippen LogP) is 8.68. The molecule has 0 unspecified atom stereocenters. The van der Waals surface area contributed by atoms with Gasteiger partial charge in [0.15, 0.2) is 0 Å². The van der Waals surface area contributed by atoms with Crippen LogP contribution in [0.5, 0.6) is 0 Å². The van der Waals surface area contributed by atoms with Gasteiger partial charge in [-0.15, -0.1) is 0 Å². The fourth-order valence-corrected chi connectivity index (χ4v) is 6.38. The SMILES string of the molecule is c1cc(-c2c3ccccc3c(-c3ccc4c(c3)CC4)c3ccccc23)c2ccc3c(c2c1)CC3. The zero-order valence-corrected chi connectivity index (χ0v) is 19.1. The lowest BCUT2D eigenvalue weighted by Gasteiger charge is -2.24. The van der Waals surface area contributed by atoms with E-state index in [0.717, 1.165) is 0 Å². The number of aryl methyl sites for hydroxylation is 4. The highest BCUT2D eigenvalue weighted by atomic mass is 14.3. The molecule has 2 aliphatic rings. The Labute approximate surface area is 199 Å². The van der Waals surface area contributed by atoms with Gasteiger partial charge in [-0.2, -0.15) is 0 Å². The fraction of sp³-hybridized carbons (Fsp3) is 0.118. The molecule has 0 bridgehead atoms. The molecule has 0 atom stereocenters. The first kappa shape index (κ1) is 18.5. The van der Waals surface area contributed by atoms with Gasteiger partial charge in [-0.1, -0.05) is 97.1 Å². The first-order chi connectivity index (χ1) is 16.9. The van der Waals surface area contributed by atoms with Gasteiger partial charge >= 0.3 is 0 Å². The summed E-state index contributed by atoms with van der Waals surface area (Å²) in [5, 5.41) is 8.18. The van der Waals surface area contributed by atoms with Gasteiger partial charge in [0.1, 0.15) is 0 Å². The van der Waals surface area contributed by atoms with Gasteiger partial charge < -0.3 is 0 Å². The normalized spacial score (nSPS) is 14.0. The molecule has 0 N–H and O–H groups in total. The Bertz CT molecular complexity index is 1740. The second kappa shape index (κ2) is 6.81. The topological polar surface area (TPSA) is 0 Å². The van der Waals surface area contributed by atoms with E-state index >= 15 is 0 Å². The molecule has 0 spiro atoms. The van der Waals surface area contributed by atoms with Crippen LogP contribution >= 0.6 is 0 Å². The largest absolute Gasteiger partial charge is 0.0616 e. The van der Waals surface area contributed by atoms with Crippen molar-refractivity contribution in [3.05, 3.63) is 119 Å². The van der Waals surface area contributed by atoms with Gasteiger partial charge in [0.25, 0.3) is 0 Å². The summed E-state index contributed by atoms with van der Waals surface area (Å²) in [4.78, 5) is 0. The maximum atomic E-state index is 2.43. The summed E-state index contributed by atoms with van der Waals surface area (Å²) in [5.41, 5.74) is 11.5. The minimum atomic E-state index is 1.20. The molecule has 34 heavy (non-hydrogen) atoms. The van der Waals surface area contributed by atoms with E-state index in [2.05, 4.69) is 97.1 Å². The Hall–Kier alpha value is -3.90. The molecule has 0 heteroatoms. The van der Waals surface area contributed by atoms with Crippen LogP contribution in [0.3, 0.4) is 0 Å². The van der Waals surface area contributed by atoms with Crippen molar-refractivity contribution >= 4 is 32.3 Å². The summed E-state index contributed by atoms with van der Waals surface area (Å²) >= 11 is 0. The van der Waals surface area contributed by atoms with Gasteiger partial charge in [-0.25, -0.2) is 0 Å². The summed E-state index contributed by atoms with van der Waals surface area (Å²) in [7, 11) is 0. The van der Waals surface area contributed by atoms with E-state index in [1.54, 1.807) is 5.56 Å². The van der Waals surface area contributed by atoms with Crippen LogP contribution < -0.4 is 0 Å². The van der Waals surface area contributed by atoms with Gasteiger partial charge in [-0.3, -0.25) is 0 Å². The molecule has 0 amide bonds. The Morgan fingerprint density at radius 3 is 1.62 bits per heavy atom. The lowest BCUT2D eigenvalue weighted by molar-refractivity contribution is 0.840. The van der Waals surface area contributed by atoms with Crippen LogP contribution in [0.4, 0.5) is 0 Å². The van der Waals surface area contributed by atoms with Crippen molar-refractivity contribution < 1.29 is 0 Å². The van der Waals surface area contributed by atoms with Crippen LogP contribution in [-0.2, 0) is 25.7 Å². The third-order valence-corrected chi connectivity index (χ3v) is 8.27. The van der Waals surface area contributed by atoms with E-state index in [1.165, 1.54) is 96.9 Å². The lowest BCUT2D eigenvalue weighted by atomic mass is 9.80. The molecule has 6 aromatic rings. The number of rotatable bonds is 2. The molecule has 0 saturated carbocycles. The first-order valence-corrected chi connectivity index (χ1v) is 12.5. The van der Waals surface area contributed by atoms with Gasteiger partial charge in [0, 0.05) is 0 Å².